The number of anilines is 1. The lowest BCUT2D eigenvalue weighted by Gasteiger charge is -2.34. The summed E-state index contributed by atoms with van der Waals surface area (Å²) < 4.78 is 6.34. The molecule has 1 amide bonds. The monoisotopic (exact) mass is 371 g/mol. The molecule has 2 aromatic rings. The predicted molar refractivity (Wildman–Crippen MR) is 94.7 cm³/mol. The molecular weight excluding hydrogens is 354 g/mol. The number of thiazole rings is 1. The van der Waals surface area contributed by atoms with Gasteiger partial charge in [0.05, 0.1) is 27.1 Å². The summed E-state index contributed by atoms with van der Waals surface area (Å²) >= 11 is 8.55. The topological polar surface area (TPSA) is 54.5 Å². The molecule has 5 nitrogen and oxygen atoms in total. The maximum absolute atomic E-state index is 12.1. The van der Waals surface area contributed by atoms with E-state index in [4.69, 9.17) is 16.3 Å². The maximum Gasteiger partial charge on any atom is 0.267 e. The van der Waals surface area contributed by atoms with Crippen molar-refractivity contribution in [3.63, 3.8) is 0 Å². The molecule has 8 heteroatoms. The highest BCUT2D eigenvalue weighted by Gasteiger charge is 2.22. The van der Waals surface area contributed by atoms with Gasteiger partial charge in [0.2, 0.25) is 0 Å². The highest BCUT2D eigenvalue weighted by atomic mass is 35.5. The van der Waals surface area contributed by atoms with Crippen LogP contribution < -0.4 is 5.32 Å². The lowest BCUT2D eigenvalue weighted by atomic mass is 10.2. The molecule has 2 aromatic heterocycles. The van der Waals surface area contributed by atoms with Gasteiger partial charge in [-0.1, -0.05) is 11.6 Å². The molecule has 0 spiro atoms. The summed E-state index contributed by atoms with van der Waals surface area (Å²) in [7, 11) is 0. The molecule has 0 aliphatic carbocycles. The molecule has 1 aliphatic rings. The number of ether oxygens (including phenoxy) is 1. The molecule has 2 unspecified atom stereocenters. The van der Waals surface area contributed by atoms with Gasteiger partial charge in [0.25, 0.3) is 5.91 Å². The molecule has 0 saturated carbocycles. The van der Waals surface area contributed by atoms with Crippen molar-refractivity contribution in [3.8, 4) is 0 Å². The second kappa shape index (κ2) is 7.27. The van der Waals surface area contributed by atoms with Crippen molar-refractivity contribution < 1.29 is 9.53 Å². The van der Waals surface area contributed by atoms with Crippen molar-refractivity contribution in [3.05, 3.63) is 32.4 Å². The van der Waals surface area contributed by atoms with Gasteiger partial charge in [-0.05, 0) is 26.0 Å². The Hall–Kier alpha value is -0.990. The van der Waals surface area contributed by atoms with E-state index in [1.54, 1.807) is 12.1 Å². The molecule has 0 radical (unpaired) electrons. The van der Waals surface area contributed by atoms with E-state index in [0.717, 1.165) is 25.3 Å². The van der Waals surface area contributed by atoms with Crippen molar-refractivity contribution in [2.75, 3.05) is 18.4 Å². The van der Waals surface area contributed by atoms with Gasteiger partial charge in [-0.25, -0.2) is 4.98 Å². The zero-order valence-corrected chi connectivity index (χ0v) is 15.3. The van der Waals surface area contributed by atoms with Gasteiger partial charge in [0, 0.05) is 25.0 Å². The number of aromatic nitrogens is 1. The van der Waals surface area contributed by atoms with Crippen LogP contribution in [0.2, 0.25) is 4.34 Å². The summed E-state index contributed by atoms with van der Waals surface area (Å²) in [6.45, 7) is 6.74. The van der Waals surface area contributed by atoms with Gasteiger partial charge in [-0.15, -0.1) is 22.7 Å². The van der Waals surface area contributed by atoms with E-state index in [9.17, 15) is 4.79 Å². The highest BCUT2D eigenvalue weighted by molar-refractivity contribution is 7.18. The van der Waals surface area contributed by atoms with Crippen molar-refractivity contribution in [1.29, 1.82) is 0 Å². The number of carbonyl (C=O) groups is 1. The number of hydrogen-bond donors (Lipinski definition) is 1. The molecule has 1 aliphatic heterocycles. The third-order valence-corrected chi connectivity index (χ3v) is 5.49. The van der Waals surface area contributed by atoms with Crippen LogP contribution in [0.15, 0.2) is 17.5 Å². The summed E-state index contributed by atoms with van der Waals surface area (Å²) in [5, 5.41) is 5.43. The number of rotatable bonds is 4. The predicted octanol–water partition coefficient (Wildman–Crippen LogP) is 3.72. The van der Waals surface area contributed by atoms with Gasteiger partial charge in [-0.3, -0.25) is 15.0 Å². The average Bonchev–Trinajstić information content (AvgIpc) is 3.07. The molecule has 3 heterocycles. The van der Waals surface area contributed by atoms with Crippen LogP contribution in [0.3, 0.4) is 0 Å². The smallest absolute Gasteiger partial charge is 0.267 e. The Labute approximate surface area is 148 Å². The third kappa shape index (κ3) is 4.51. The zero-order valence-electron chi connectivity index (χ0n) is 12.9. The number of carbonyl (C=O) groups excluding carboxylic acids is 1. The standard InChI is InChI=1S/C15H18ClN3O2S2/c1-9-5-19(6-10(2)21-9)7-11-8-22-15(17-11)18-14(20)12-3-4-13(16)23-12/h3-4,8-10H,5-7H2,1-2H3,(H,17,18,20). The largest absolute Gasteiger partial charge is 0.373 e. The van der Waals surface area contributed by atoms with E-state index in [1.807, 2.05) is 5.38 Å². The van der Waals surface area contributed by atoms with Crippen molar-refractivity contribution >= 4 is 45.3 Å². The molecule has 2 atom stereocenters. The maximum atomic E-state index is 12.1. The molecule has 0 aromatic carbocycles. The minimum absolute atomic E-state index is 0.170. The summed E-state index contributed by atoms with van der Waals surface area (Å²) in [5.41, 5.74) is 0.968. The Morgan fingerprint density at radius 3 is 2.83 bits per heavy atom. The third-order valence-electron chi connectivity index (χ3n) is 3.45. The van der Waals surface area contributed by atoms with E-state index in [1.165, 1.54) is 22.7 Å². The van der Waals surface area contributed by atoms with Crippen LogP contribution in [0, 0.1) is 0 Å². The quantitative estimate of drug-likeness (QED) is 0.889. The van der Waals surface area contributed by atoms with Crippen LogP contribution in [0.5, 0.6) is 0 Å². The Kier molecular flexibility index (Phi) is 5.33. The number of morpholine rings is 1. The van der Waals surface area contributed by atoms with E-state index in [2.05, 4.69) is 29.0 Å². The fourth-order valence-electron chi connectivity index (χ4n) is 2.67. The van der Waals surface area contributed by atoms with Crippen molar-refractivity contribution in [1.82, 2.24) is 9.88 Å². The molecular formula is C15H18ClN3O2S2. The first-order chi connectivity index (χ1) is 11.0. The fourth-order valence-corrected chi connectivity index (χ4v) is 4.31. The van der Waals surface area contributed by atoms with Gasteiger partial charge >= 0.3 is 0 Å². The average molecular weight is 372 g/mol. The Balaban J connectivity index is 1.58. The lowest BCUT2D eigenvalue weighted by molar-refractivity contribution is -0.0707. The first kappa shape index (κ1) is 16.9. The SMILES string of the molecule is CC1CN(Cc2csc(NC(=O)c3ccc(Cl)s3)n2)CC(C)O1. The first-order valence-electron chi connectivity index (χ1n) is 7.38. The highest BCUT2D eigenvalue weighted by Crippen LogP contribution is 2.24. The first-order valence-corrected chi connectivity index (χ1v) is 9.46. The minimum Gasteiger partial charge on any atom is -0.373 e. The summed E-state index contributed by atoms with van der Waals surface area (Å²) in [6.07, 6.45) is 0.472. The minimum atomic E-state index is -0.170. The molecule has 1 saturated heterocycles. The Morgan fingerprint density at radius 2 is 2.17 bits per heavy atom. The van der Waals surface area contributed by atoms with Crippen LogP contribution >= 0.6 is 34.3 Å². The van der Waals surface area contributed by atoms with Gasteiger partial charge in [0.15, 0.2) is 5.13 Å². The molecule has 0 bridgehead atoms. The second-order valence-electron chi connectivity index (χ2n) is 5.65. The number of nitrogens with one attached hydrogen (secondary N) is 1. The summed E-state index contributed by atoms with van der Waals surface area (Å²) in [5.74, 6) is -0.170. The van der Waals surface area contributed by atoms with E-state index in [0.29, 0.717) is 14.3 Å². The van der Waals surface area contributed by atoms with Gasteiger partial charge in [-0.2, -0.15) is 0 Å². The molecule has 1 N–H and O–H groups in total. The van der Waals surface area contributed by atoms with Crippen molar-refractivity contribution in [2.24, 2.45) is 0 Å². The zero-order chi connectivity index (χ0) is 16.4. The lowest BCUT2D eigenvalue weighted by Crippen LogP contribution is -2.44. The van der Waals surface area contributed by atoms with Crippen molar-refractivity contribution in [2.45, 2.75) is 32.6 Å². The number of thiophene rings is 1. The summed E-state index contributed by atoms with van der Waals surface area (Å²) in [6, 6.07) is 3.43. The second-order valence-corrected chi connectivity index (χ2v) is 8.23. The molecule has 1 fully saturated rings. The van der Waals surface area contributed by atoms with Gasteiger partial charge in [0.1, 0.15) is 0 Å². The van der Waals surface area contributed by atoms with Crippen LogP contribution in [-0.4, -0.2) is 41.1 Å². The molecule has 3 rings (SSSR count). The number of nitrogens with zero attached hydrogens (tertiary/aromatic N) is 2. The molecule has 124 valence electrons. The number of amides is 1. The Bertz CT molecular complexity index is 678. The summed E-state index contributed by atoms with van der Waals surface area (Å²) in [4.78, 5) is 19.5. The fraction of sp³-hybridized carbons (Fsp3) is 0.467. The van der Waals surface area contributed by atoms with Crippen LogP contribution in [0.25, 0.3) is 0 Å². The van der Waals surface area contributed by atoms with E-state index >= 15 is 0 Å². The van der Waals surface area contributed by atoms with E-state index in [-0.39, 0.29) is 18.1 Å². The Morgan fingerprint density at radius 1 is 1.43 bits per heavy atom. The van der Waals surface area contributed by atoms with Gasteiger partial charge < -0.3 is 4.74 Å². The van der Waals surface area contributed by atoms with Crippen LogP contribution in [0.4, 0.5) is 5.13 Å². The molecule has 23 heavy (non-hydrogen) atoms. The van der Waals surface area contributed by atoms with Crippen LogP contribution in [-0.2, 0) is 11.3 Å². The normalized spacial score (nSPS) is 22.2. The van der Waals surface area contributed by atoms with E-state index < -0.39 is 0 Å². The number of halogens is 1. The van der Waals surface area contributed by atoms with Crippen LogP contribution in [0.1, 0.15) is 29.2 Å². The number of hydrogen-bond acceptors (Lipinski definition) is 6.